The zero-order valence-electron chi connectivity index (χ0n) is 19.0. The summed E-state index contributed by atoms with van der Waals surface area (Å²) in [4.78, 5) is 0. The highest BCUT2D eigenvalue weighted by Gasteiger charge is 2.31. The number of rotatable bonds is 6. The lowest BCUT2D eigenvalue weighted by Gasteiger charge is -2.37. The maximum Gasteiger partial charge on any atom is -0.0162 e. The summed E-state index contributed by atoms with van der Waals surface area (Å²) in [5.74, 6) is 5.50. The standard InChI is InChI=1S/C29H44/c1-3-5-23-8-12-25(13-9-23)27-16-20-29(21-17-27)28-18-14-26(15-19-28)24-10-6-22(4-2)7-11-24/h4,16-17,20-26,28H,2-3,5-15,18-19H2,1H3. The first-order valence-corrected chi connectivity index (χ1v) is 13.0. The molecule has 1 aromatic carbocycles. The average molecular weight is 393 g/mol. The molecule has 1 aromatic rings. The first-order valence-electron chi connectivity index (χ1n) is 13.0. The predicted molar refractivity (Wildman–Crippen MR) is 126 cm³/mol. The van der Waals surface area contributed by atoms with E-state index in [4.69, 9.17) is 0 Å². The minimum absolute atomic E-state index is 0.808. The number of benzene rings is 1. The number of allylic oxidation sites excluding steroid dienone is 1. The van der Waals surface area contributed by atoms with Crippen LogP contribution in [-0.2, 0) is 0 Å². The van der Waals surface area contributed by atoms with Gasteiger partial charge in [0, 0.05) is 0 Å². The molecule has 0 N–H and O–H groups in total. The first kappa shape index (κ1) is 21.2. The molecular weight excluding hydrogens is 348 g/mol. The van der Waals surface area contributed by atoms with E-state index < -0.39 is 0 Å². The molecule has 0 aliphatic heterocycles. The smallest absolute Gasteiger partial charge is 0.0162 e. The Labute approximate surface area is 180 Å². The first-order chi connectivity index (χ1) is 14.3. The van der Waals surface area contributed by atoms with Gasteiger partial charge in [0.05, 0.1) is 0 Å². The normalized spacial score (nSPS) is 35.9. The maximum atomic E-state index is 4.01. The molecule has 0 bridgehead atoms. The van der Waals surface area contributed by atoms with Gasteiger partial charge in [-0.1, -0.05) is 50.1 Å². The van der Waals surface area contributed by atoms with Gasteiger partial charge >= 0.3 is 0 Å². The Morgan fingerprint density at radius 2 is 1.14 bits per heavy atom. The lowest BCUT2D eigenvalue weighted by atomic mass is 9.68. The lowest BCUT2D eigenvalue weighted by molar-refractivity contribution is 0.171. The third kappa shape index (κ3) is 5.36. The molecule has 0 radical (unpaired) electrons. The van der Waals surface area contributed by atoms with Gasteiger partial charge in [0.25, 0.3) is 0 Å². The molecule has 0 spiro atoms. The second kappa shape index (κ2) is 10.3. The molecule has 0 heteroatoms. The van der Waals surface area contributed by atoms with Crippen molar-refractivity contribution in [3.63, 3.8) is 0 Å². The molecule has 3 saturated carbocycles. The van der Waals surface area contributed by atoms with E-state index >= 15 is 0 Å². The van der Waals surface area contributed by atoms with E-state index in [0.717, 1.165) is 35.5 Å². The van der Waals surface area contributed by atoms with Crippen molar-refractivity contribution in [1.29, 1.82) is 0 Å². The summed E-state index contributed by atoms with van der Waals surface area (Å²) in [5.41, 5.74) is 3.25. The third-order valence-corrected chi connectivity index (χ3v) is 9.01. The van der Waals surface area contributed by atoms with Crippen molar-refractivity contribution in [3.05, 3.63) is 48.0 Å². The summed E-state index contributed by atoms with van der Waals surface area (Å²) in [7, 11) is 0. The predicted octanol–water partition coefficient (Wildman–Crippen LogP) is 9.03. The Morgan fingerprint density at radius 3 is 1.59 bits per heavy atom. The van der Waals surface area contributed by atoms with Gasteiger partial charge in [0.1, 0.15) is 0 Å². The summed E-state index contributed by atoms with van der Waals surface area (Å²) in [5, 5.41) is 0. The fourth-order valence-corrected chi connectivity index (χ4v) is 7.01. The topological polar surface area (TPSA) is 0 Å². The molecule has 4 rings (SSSR count). The quantitative estimate of drug-likeness (QED) is 0.423. The van der Waals surface area contributed by atoms with Gasteiger partial charge in [-0.25, -0.2) is 0 Å². The Hall–Kier alpha value is -1.04. The van der Waals surface area contributed by atoms with Gasteiger partial charge < -0.3 is 0 Å². The van der Waals surface area contributed by atoms with Crippen LogP contribution in [0.2, 0.25) is 0 Å². The van der Waals surface area contributed by atoms with Crippen LogP contribution < -0.4 is 0 Å². The molecule has 3 aliphatic carbocycles. The van der Waals surface area contributed by atoms with E-state index in [0.29, 0.717) is 0 Å². The highest BCUT2D eigenvalue weighted by molar-refractivity contribution is 5.28. The Bertz CT molecular complexity index is 602. The second-order valence-corrected chi connectivity index (χ2v) is 10.7. The molecule has 0 atom stereocenters. The SMILES string of the molecule is C=CC1CCC(C2CCC(c3ccc(C4CCC(CCC)CC4)cc3)CC2)CC1. The molecule has 160 valence electrons. The van der Waals surface area contributed by atoms with E-state index in [1.807, 2.05) is 0 Å². The van der Waals surface area contributed by atoms with Crippen molar-refractivity contribution in [2.24, 2.45) is 23.7 Å². The van der Waals surface area contributed by atoms with Gasteiger partial charge in [0.15, 0.2) is 0 Å². The van der Waals surface area contributed by atoms with E-state index in [9.17, 15) is 0 Å². The molecule has 0 heterocycles. The second-order valence-electron chi connectivity index (χ2n) is 10.7. The van der Waals surface area contributed by atoms with E-state index in [-0.39, 0.29) is 0 Å². The van der Waals surface area contributed by atoms with Crippen LogP contribution in [0, 0.1) is 23.7 Å². The molecule has 0 unspecified atom stereocenters. The third-order valence-electron chi connectivity index (χ3n) is 9.01. The summed E-state index contributed by atoms with van der Waals surface area (Å²) in [6, 6.07) is 9.97. The summed E-state index contributed by atoms with van der Waals surface area (Å²) in [6.07, 6.45) is 22.3. The van der Waals surface area contributed by atoms with E-state index in [1.54, 1.807) is 11.1 Å². The largest absolute Gasteiger partial charge is 0.103 e. The summed E-state index contributed by atoms with van der Waals surface area (Å²) in [6.45, 7) is 6.35. The maximum absolute atomic E-state index is 4.01. The highest BCUT2D eigenvalue weighted by atomic mass is 14.4. The van der Waals surface area contributed by atoms with Gasteiger partial charge in [0.2, 0.25) is 0 Å². The minimum atomic E-state index is 0.808. The highest BCUT2D eigenvalue weighted by Crippen LogP contribution is 2.44. The van der Waals surface area contributed by atoms with Crippen molar-refractivity contribution in [2.45, 2.75) is 109 Å². The molecule has 3 fully saturated rings. The molecule has 0 nitrogen and oxygen atoms in total. The minimum Gasteiger partial charge on any atom is -0.103 e. The van der Waals surface area contributed by atoms with Crippen LogP contribution in [0.5, 0.6) is 0 Å². The van der Waals surface area contributed by atoms with Crippen LogP contribution in [0.15, 0.2) is 36.9 Å². The fourth-order valence-electron chi connectivity index (χ4n) is 7.01. The lowest BCUT2D eigenvalue weighted by Crippen LogP contribution is -2.25. The van der Waals surface area contributed by atoms with Crippen LogP contribution in [0.25, 0.3) is 0 Å². The van der Waals surface area contributed by atoms with Gasteiger partial charge in [-0.15, -0.1) is 6.58 Å². The average Bonchev–Trinajstić information content (AvgIpc) is 2.80. The monoisotopic (exact) mass is 392 g/mol. The molecule has 0 amide bonds. The molecule has 0 saturated heterocycles. The van der Waals surface area contributed by atoms with Crippen molar-refractivity contribution >= 4 is 0 Å². The van der Waals surface area contributed by atoms with Gasteiger partial charge in [-0.2, -0.15) is 0 Å². The molecule has 3 aliphatic rings. The van der Waals surface area contributed by atoms with Crippen LogP contribution in [0.1, 0.15) is 120 Å². The van der Waals surface area contributed by atoms with Crippen molar-refractivity contribution in [2.75, 3.05) is 0 Å². The van der Waals surface area contributed by atoms with Crippen LogP contribution in [-0.4, -0.2) is 0 Å². The molecule has 0 aromatic heterocycles. The number of hydrogen-bond donors (Lipinski definition) is 0. The zero-order valence-corrected chi connectivity index (χ0v) is 19.0. The summed E-state index contributed by atoms with van der Waals surface area (Å²) < 4.78 is 0. The Morgan fingerprint density at radius 1 is 0.690 bits per heavy atom. The van der Waals surface area contributed by atoms with Crippen molar-refractivity contribution < 1.29 is 0 Å². The van der Waals surface area contributed by atoms with Crippen LogP contribution >= 0.6 is 0 Å². The van der Waals surface area contributed by atoms with Gasteiger partial charge in [-0.3, -0.25) is 0 Å². The van der Waals surface area contributed by atoms with Crippen LogP contribution in [0.4, 0.5) is 0 Å². The summed E-state index contributed by atoms with van der Waals surface area (Å²) >= 11 is 0. The zero-order chi connectivity index (χ0) is 20.1. The molecule has 29 heavy (non-hydrogen) atoms. The van der Waals surface area contributed by atoms with Crippen molar-refractivity contribution in [1.82, 2.24) is 0 Å². The Balaban J connectivity index is 1.25. The van der Waals surface area contributed by atoms with Crippen molar-refractivity contribution in [3.8, 4) is 0 Å². The Kier molecular flexibility index (Phi) is 7.54. The van der Waals surface area contributed by atoms with Crippen LogP contribution in [0.3, 0.4) is 0 Å². The molecular formula is C29H44. The fraction of sp³-hybridized carbons (Fsp3) is 0.724. The van der Waals surface area contributed by atoms with E-state index in [1.165, 1.54) is 89.9 Å². The van der Waals surface area contributed by atoms with E-state index in [2.05, 4.69) is 43.8 Å². The van der Waals surface area contributed by atoms with Gasteiger partial charge in [-0.05, 0) is 124 Å². The number of hydrogen-bond acceptors (Lipinski definition) is 0.